The molecular weight excluding hydrogens is 288 g/mol. The number of sulfonamides is 1. The Morgan fingerprint density at radius 2 is 2.00 bits per heavy atom. The Hall–Kier alpha value is -1.60. The van der Waals surface area contributed by atoms with E-state index in [-0.39, 0.29) is 11.4 Å². The molecule has 0 radical (unpaired) electrons. The Bertz CT molecular complexity index is 606. The first-order chi connectivity index (χ1) is 9.90. The zero-order valence-electron chi connectivity index (χ0n) is 12.4. The van der Waals surface area contributed by atoms with Crippen molar-refractivity contribution in [3.8, 4) is 0 Å². The number of guanidine groups is 1. The van der Waals surface area contributed by atoms with Gasteiger partial charge in [0.2, 0.25) is 10.0 Å². The maximum Gasteiger partial charge on any atom is 0.240 e. The fourth-order valence-electron chi connectivity index (χ4n) is 1.91. The molecule has 7 heteroatoms. The van der Waals surface area contributed by atoms with Crippen molar-refractivity contribution in [2.75, 3.05) is 20.1 Å². The number of rotatable bonds is 6. The molecule has 1 saturated carbocycles. The number of aryl methyl sites for hydroxylation is 1. The number of hydrogen-bond donors (Lipinski definition) is 2. The Morgan fingerprint density at radius 3 is 2.57 bits per heavy atom. The molecule has 116 valence electrons. The number of hydrogen-bond acceptors (Lipinski definition) is 3. The largest absolute Gasteiger partial charge is 0.370 e. The zero-order valence-corrected chi connectivity index (χ0v) is 13.2. The van der Waals surface area contributed by atoms with Gasteiger partial charge < -0.3 is 10.6 Å². The summed E-state index contributed by atoms with van der Waals surface area (Å²) in [6.07, 6.45) is 2.29. The van der Waals surface area contributed by atoms with Gasteiger partial charge in [0.15, 0.2) is 5.96 Å². The van der Waals surface area contributed by atoms with Crippen LogP contribution >= 0.6 is 0 Å². The van der Waals surface area contributed by atoms with Gasteiger partial charge >= 0.3 is 0 Å². The molecular formula is C14H22N4O2S. The van der Waals surface area contributed by atoms with E-state index in [0.29, 0.717) is 18.5 Å². The molecule has 0 heterocycles. The molecule has 1 aromatic rings. The standard InChI is InChI=1S/C14H22N4O2S/c1-11-3-7-13(8-4-11)21(19,20)17-10-9-16-14(15)18(2)12-5-6-12/h3-4,7-8,12,17H,5-6,9-10H2,1-2H3,(H2,15,16). The lowest BCUT2D eigenvalue weighted by molar-refractivity contribution is 0.487. The number of nitrogens with two attached hydrogens (primary N) is 1. The van der Waals surface area contributed by atoms with Crippen LogP contribution in [0, 0.1) is 6.92 Å². The molecule has 0 unspecified atom stereocenters. The van der Waals surface area contributed by atoms with Crippen molar-refractivity contribution in [1.82, 2.24) is 9.62 Å². The van der Waals surface area contributed by atoms with Crippen LogP contribution in [-0.4, -0.2) is 45.5 Å². The van der Waals surface area contributed by atoms with Gasteiger partial charge in [-0.1, -0.05) is 17.7 Å². The summed E-state index contributed by atoms with van der Waals surface area (Å²) < 4.78 is 26.6. The molecule has 0 bridgehead atoms. The Morgan fingerprint density at radius 1 is 1.38 bits per heavy atom. The summed E-state index contributed by atoms with van der Waals surface area (Å²) in [5.74, 6) is 0.465. The summed E-state index contributed by atoms with van der Waals surface area (Å²) in [5.41, 5.74) is 6.86. The molecule has 21 heavy (non-hydrogen) atoms. The molecule has 0 aliphatic heterocycles. The second-order valence-corrected chi connectivity index (χ2v) is 7.06. The highest BCUT2D eigenvalue weighted by molar-refractivity contribution is 7.89. The third kappa shape index (κ3) is 4.44. The first-order valence-electron chi connectivity index (χ1n) is 6.99. The molecule has 1 aliphatic carbocycles. The van der Waals surface area contributed by atoms with Gasteiger partial charge in [-0.05, 0) is 31.9 Å². The van der Waals surface area contributed by atoms with E-state index in [4.69, 9.17) is 5.73 Å². The SMILES string of the molecule is Cc1ccc(S(=O)(=O)NCCN=C(N)N(C)C2CC2)cc1. The molecule has 2 rings (SSSR count). The summed E-state index contributed by atoms with van der Waals surface area (Å²) in [4.78, 5) is 6.39. The van der Waals surface area contributed by atoms with Gasteiger partial charge in [0, 0.05) is 19.6 Å². The molecule has 6 nitrogen and oxygen atoms in total. The minimum Gasteiger partial charge on any atom is -0.370 e. The van der Waals surface area contributed by atoms with Crippen molar-refractivity contribution < 1.29 is 8.42 Å². The van der Waals surface area contributed by atoms with Crippen LogP contribution in [0.3, 0.4) is 0 Å². The van der Waals surface area contributed by atoms with Crippen LogP contribution in [0.25, 0.3) is 0 Å². The van der Waals surface area contributed by atoms with Gasteiger partial charge in [-0.25, -0.2) is 13.1 Å². The zero-order chi connectivity index (χ0) is 15.5. The first kappa shape index (κ1) is 15.8. The normalized spacial score (nSPS) is 16.0. The average Bonchev–Trinajstić information content (AvgIpc) is 3.27. The number of benzene rings is 1. The molecule has 1 fully saturated rings. The molecule has 0 amide bonds. The smallest absolute Gasteiger partial charge is 0.240 e. The molecule has 0 aromatic heterocycles. The monoisotopic (exact) mass is 310 g/mol. The van der Waals surface area contributed by atoms with Crippen molar-refractivity contribution in [1.29, 1.82) is 0 Å². The van der Waals surface area contributed by atoms with Crippen LogP contribution in [0.1, 0.15) is 18.4 Å². The van der Waals surface area contributed by atoms with Crippen LogP contribution < -0.4 is 10.5 Å². The average molecular weight is 310 g/mol. The predicted octanol–water partition coefficient (Wildman–Crippen LogP) is 0.682. The Labute approximate surface area is 126 Å². The van der Waals surface area contributed by atoms with E-state index in [1.807, 2.05) is 18.9 Å². The van der Waals surface area contributed by atoms with Crippen molar-refractivity contribution in [3.05, 3.63) is 29.8 Å². The van der Waals surface area contributed by atoms with Crippen molar-refractivity contribution in [2.45, 2.75) is 30.7 Å². The van der Waals surface area contributed by atoms with Gasteiger partial charge in [0.05, 0.1) is 11.4 Å². The minimum absolute atomic E-state index is 0.232. The third-order valence-electron chi connectivity index (χ3n) is 3.46. The van der Waals surface area contributed by atoms with E-state index in [9.17, 15) is 8.42 Å². The molecule has 1 aromatic carbocycles. The Balaban J connectivity index is 1.84. The quantitative estimate of drug-likeness (QED) is 0.459. The van der Waals surface area contributed by atoms with E-state index in [0.717, 1.165) is 18.4 Å². The summed E-state index contributed by atoms with van der Waals surface area (Å²) in [6, 6.07) is 7.23. The Kier molecular flexibility index (Phi) is 4.84. The van der Waals surface area contributed by atoms with E-state index in [1.165, 1.54) is 0 Å². The van der Waals surface area contributed by atoms with Crippen LogP contribution in [0.2, 0.25) is 0 Å². The maximum atomic E-state index is 12.0. The second kappa shape index (κ2) is 6.44. The van der Waals surface area contributed by atoms with Crippen LogP contribution in [0.5, 0.6) is 0 Å². The number of aliphatic imine (C=N–C) groups is 1. The fraction of sp³-hybridized carbons (Fsp3) is 0.500. The summed E-state index contributed by atoms with van der Waals surface area (Å²) in [6.45, 7) is 2.47. The van der Waals surface area contributed by atoms with E-state index in [2.05, 4.69) is 9.71 Å². The molecule has 0 saturated heterocycles. The highest BCUT2D eigenvalue weighted by Gasteiger charge is 2.27. The molecule has 0 atom stereocenters. The lowest BCUT2D eigenvalue weighted by atomic mass is 10.2. The van der Waals surface area contributed by atoms with Gasteiger partial charge in [-0.3, -0.25) is 4.99 Å². The first-order valence-corrected chi connectivity index (χ1v) is 8.47. The molecule has 0 spiro atoms. The highest BCUT2D eigenvalue weighted by Crippen LogP contribution is 2.24. The lowest BCUT2D eigenvalue weighted by Crippen LogP contribution is -2.36. The van der Waals surface area contributed by atoms with Gasteiger partial charge in [0.1, 0.15) is 0 Å². The summed E-state index contributed by atoms with van der Waals surface area (Å²) >= 11 is 0. The third-order valence-corrected chi connectivity index (χ3v) is 4.94. The van der Waals surface area contributed by atoms with Crippen molar-refractivity contribution >= 4 is 16.0 Å². The number of nitrogens with one attached hydrogen (secondary N) is 1. The van der Waals surface area contributed by atoms with Crippen LogP contribution in [-0.2, 0) is 10.0 Å². The topological polar surface area (TPSA) is 87.8 Å². The maximum absolute atomic E-state index is 12.0. The van der Waals surface area contributed by atoms with Crippen molar-refractivity contribution in [2.24, 2.45) is 10.7 Å². The highest BCUT2D eigenvalue weighted by atomic mass is 32.2. The van der Waals surface area contributed by atoms with Crippen LogP contribution in [0.4, 0.5) is 0 Å². The van der Waals surface area contributed by atoms with Crippen LogP contribution in [0.15, 0.2) is 34.2 Å². The predicted molar refractivity (Wildman–Crippen MR) is 83.6 cm³/mol. The molecule has 1 aliphatic rings. The molecule has 3 N–H and O–H groups in total. The van der Waals surface area contributed by atoms with Gasteiger partial charge in [-0.2, -0.15) is 0 Å². The van der Waals surface area contributed by atoms with E-state index >= 15 is 0 Å². The fourth-order valence-corrected chi connectivity index (χ4v) is 2.93. The van der Waals surface area contributed by atoms with Gasteiger partial charge in [-0.15, -0.1) is 0 Å². The van der Waals surface area contributed by atoms with Crippen molar-refractivity contribution in [3.63, 3.8) is 0 Å². The number of nitrogens with zero attached hydrogens (tertiary/aromatic N) is 2. The van der Waals surface area contributed by atoms with E-state index < -0.39 is 10.0 Å². The second-order valence-electron chi connectivity index (χ2n) is 5.29. The lowest BCUT2D eigenvalue weighted by Gasteiger charge is -2.16. The summed E-state index contributed by atoms with van der Waals surface area (Å²) in [5, 5.41) is 0. The van der Waals surface area contributed by atoms with Gasteiger partial charge in [0.25, 0.3) is 0 Å². The minimum atomic E-state index is -3.47. The summed E-state index contributed by atoms with van der Waals surface area (Å²) in [7, 11) is -1.56. The van der Waals surface area contributed by atoms with E-state index in [1.54, 1.807) is 24.3 Å².